The van der Waals surface area contributed by atoms with E-state index in [4.69, 9.17) is 0 Å². The average Bonchev–Trinajstić information content (AvgIpc) is 2.99. The third-order valence-electron chi connectivity index (χ3n) is 4.88. The fraction of sp³-hybridized carbons (Fsp3) is 0.529. The van der Waals surface area contributed by atoms with E-state index in [1.54, 1.807) is 11.8 Å². The molecule has 2 saturated heterocycles. The van der Waals surface area contributed by atoms with E-state index in [-0.39, 0.29) is 23.9 Å². The lowest BCUT2D eigenvalue weighted by molar-refractivity contribution is -0.152. The molecule has 1 aromatic carbocycles. The Bertz CT molecular complexity index is 659. The highest BCUT2D eigenvalue weighted by atomic mass is 19.4. The van der Waals surface area contributed by atoms with Crippen LogP contribution < -0.4 is 0 Å². The highest BCUT2D eigenvalue weighted by Crippen LogP contribution is 2.33. The summed E-state index contributed by atoms with van der Waals surface area (Å²) in [6.45, 7) is 2.75. The van der Waals surface area contributed by atoms with E-state index in [1.807, 2.05) is 0 Å². The molecule has 2 heterocycles. The predicted octanol–water partition coefficient (Wildman–Crippen LogP) is 2.47. The minimum absolute atomic E-state index is 0.00416. The second-order valence-corrected chi connectivity index (χ2v) is 6.38. The number of amides is 2. The van der Waals surface area contributed by atoms with E-state index in [1.165, 1.54) is 23.1 Å². The van der Waals surface area contributed by atoms with Crippen molar-refractivity contribution in [3.05, 3.63) is 35.4 Å². The Morgan fingerprint density at radius 1 is 1.29 bits per heavy atom. The number of halogens is 3. The summed E-state index contributed by atoms with van der Waals surface area (Å²) in [5, 5.41) is 0. The summed E-state index contributed by atoms with van der Waals surface area (Å²) in [5.41, 5.74) is -0.847. The third kappa shape index (κ3) is 2.99. The smallest absolute Gasteiger partial charge is 0.336 e. The topological polar surface area (TPSA) is 40.6 Å². The van der Waals surface area contributed by atoms with Crippen LogP contribution in [0.5, 0.6) is 0 Å². The van der Waals surface area contributed by atoms with Crippen molar-refractivity contribution in [1.82, 2.24) is 9.80 Å². The molecule has 3 rings (SSSR count). The van der Waals surface area contributed by atoms with Gasteiger partial charge in [0.2, 0.25) is 11.8 Å². The van der Waals surface area contributed by atoms with Gasteiger partial charge in [-0.3, -0.25) is 9.59 Å². The Labute approximate surface area is 138 Å². The second-order valence-electron chi connectivity index (χ2n) is 6.38. The van der Waals surface area contributed by atoms with E-state index in [0.29, 0.717) is 13.1 Å². The molecule has 2 fully saturated rings. The molecule has 7 heteroatoms. The van der Waals surface area contributed by atoms with Gasteiger partial charge in [0.1, 0.15) is 6.04 Å². The molecular weight excluding hydrogens is 321 g/mol. The van der Waals surface area contributed by atoms with E-state index >= 15 is 0 Å². The number of carbonyl (C=O) groups excluding carboxylic acids is 2. The molecule has 2 atom stereocenters. The van der Waals surface area contributed by atoms with Crippen molar-refractivity contribution in [1.29, 1.82) is 0 Å². The van der Waals surface area contributed by atoms with Gasteiger partial charge in [0, 0.05) is 19.1 Å². The molecule has 2 aliphatic rings. The van der Waals surface area contributed by atoms with Gasteiger partial charge in [0.05, 0.1) is 12.0 Å². The molecule has 4 nitrogen and oxygen atoms in total. The Hall–Kier alpha value is -2.05. The summed E-state index contributed by atoms with van der Waals surface area (Å²) in [6.07, 6.45) is -3.11. The number of hydrogen-bond donors (Lipinski definition) is 0. The van der Waals surface area contributed by atoms with Gasteiger partial charge in [-0.1, -0.05) is 18.2 Å². The second kappa shape index (κ2) is 6.11. The maximum atomic E-state index is 13.1. The van der Waals surface area contributed by atoms with Crippen LogP contribution in [0.1, 0.15) is 30.9 Å². The Kier molecular flexibility index (Phi) is 4.27. The van der Waals surface area contributed by atoms with Crippen LogP contribution >= 0.6 is 0 Å². The van der Waals surface area contributed by atoms with Crippen LogP contribution in [0.3, 0.4) is 0 Å². The molecule has 130 valence electrons. The SMILES string of the molecule is C[C@H]1C(=O)N2CCC[C@H]2CN1C(=O)Cc1ccccc1C(F)(F)F. The Morgan fingerprint density at radius 3 is 2.71 bits per heavy atom. The zero-order valence-corrected chi connectivity index (χ0v) is 13.3. The molecule has 2 aliphatic heterocycles. The molecule has 0 spiro atoms. The van der Waals surface area contributed by atoms with Crippen molar-refractivity contribution in [3.8, 4) is 0 Å². The minimum atomic E-state index is -4.50. The lowest BCUT2D eigenvalue weighted by Crippen LogP contribution is -2.60. The van der Waals surface area contributed by atoms with E-state index in [2.05, 4.69) is 0 Å². The highest BCUT2D eigenvalue weighted by Gasteiger charge is 2.42. The van der Waals surface area contributed by atoms with Crippen molar-refractivity contribution < 1.29 is 22.8 Å². The summed E-state index contributed by atoms with van der Waals surface area (Å²) >= 11 is 0. The largest absolute Gasteiger partial charge is 0.416 e. The van der Waals surface area contributed by atoms with Gasteiger partial charge in [-0.15, -0.1) is 0 Å². The lowest BCUT2D eigenvalue weighted by Gasteiger charge is -2.41. The highest BCUT2D eigenvalue weighted by molar-refractivity contribution is 5.90. The van der Waals surface area contributed by atoms with Crippen molar-refractivity contribution >= 4 is 11.8 Å². The van der Waals surface area contributed by atoms with E-state index in [9.17, 15) is 22.8 Å². The molecule has 0 aliphatic carbocycles. The van der Waals surface area contributed by atoms with Gasteiger partial charge in [0.15, 0.2) is 0 Å². The quantitative estimate of drug-likeness (QED) is 0.830. The van der Waals surface area contributed by atoms with Crippen LogP contribution in [-0.4, -0.2) is 46.8 Å². The zero-order chi connectivity index (χ0) is 17.5. The van der Waals surface area contributed by atoms with Crippen LogP contribution in [-0.2, 0) is 22.2 Å². The fourth-order valence-electron chi connectivity index (χ4n) is 3.61. The molecule has 0 saturated carbocycles. The standard InChI is InChI=1S/C17H19F3N2O2/c1-11-16(24)21-8-4-6-13(21)10-22(11)15(23)9-12-5-2-3-7-14(12)17(18,19)20/h2-3,5,7,11,13H,4,6,8-10H2,1H3/t11-,13-/m0/s1. The van der Waals surface area contributed by atoms with E-state index in [0.717, 1.165) is 18.9 Å². The number of rotatable bonds is 2. The normalized spacial score (nSPS) is 24.2. The van der Waals surface area contributed by atoms with Gasteiger partial charge in [-0.25, -0.2) is 0 Å². The first-order valence-electron chi connectivity index (χ1n) is 8.04. The number of fused-ring (bicyclic) bond motifs is 1. The van der Waals surface area contributed by atoms with Gasteiger partial charge in [-0.2, -0.15) is 13.2 Å². The number of hydrogen-bond acceptors (Lipinski definition) is 2. The van der Waals surface area contributed by atoms with Gasteiger partial charge < -0.3 is 9.80 Å². The van der Waals surface area contributed by atoms with Crippen LogP contribution in [0.2, 0.25) is 0 Å². The minimum Gasteiger partial charge on any atom is -0.336 e. The summed E-state index contributed by atoms with van der Waals surface area (Å²) < 4.78 is 39.2. The molecule has 0 aromatic heterocycles. The molecule has 0 unspecified atom stereocenters. The summed E-state index contributed by atoms with van der Waals surface area (Å²) in [6, 6.07) is 4.47. The Balaban J connectivity index is 1.79. The summed E-state index contributed by atoms with van der Waals surface area (Å²) in [7, 11) is 0. The molecule has 0 N–H and O–H groups in total. The van der Waals surface area contributed by atoms with E-state index < -0.39 is 23.7 Å². The molecule has 24 heavy (non-hydrogen) atoms. The predicted molar refractivity (Wildman–Crippen MR) is 81.1 cm³/mol. The first kappa shape index (κ1) is 16.8. The van der Waals surface area contributed by atoms with Crippen LogP contribution in [0.4, 0.5) is 13.2 Å². The van der Waals surface area contributed by atoms with Crippen LogP contribution in [0.15, 0.2) is 24.3 Å². The van der Waals surface area contributed by atoms with Gasteiger partial charge in [0.25, 0.3) is 0 Å². The maximum absolute atomic E-state index is 13.1. The van der Waals surface area contributed by atoms with Crippen molar-refractivity contribution in [3.63, 3.8) is 0 Å². The molecular formula is C17H19F3N2O2. The molecule has 0 bridgehead atoms. The van der Waals surface area contributed by atoms with Crippen LogP contribution in [0.25, 0.3) is 0 Å². The number of carbonyl (C=O) groups is 2. The number of nitrogens with zero attached hydrogens (tertiary/aromatic N) is 2. The first-order chi connectivity index (χ1) is 11.3. The molecule has 1 aromatic rings. The van der Waals surface area contributed by atoms with Crippen LogP contribution in [0, 0.1) is 0 Å². The van der Waals surface area contributed by atoms with Crippen molar-refractivity contribution in [2.45, 2.75) is 44.4 Å². The average molecular weight is 340 g/mol. The maximum Gasteiger partial charge on any atom is 0.416 e. The lowest BCUT2D eigenvalue weighted by atomic mass is 10.0. The molecule has 0 radical (unpaired) electrons. The fourth-order valence-corrected chi connectivity index (χ4v) is 3.61. The monoisotopic (exact) mass is 340 g/mol. The number of benzene rings is 1. The molecule has 2 amide bonds. The van der Waals surface area contributed by atoms with Gasteiger partial charge >= 0.3 is 6.18 Å². The number of piperazine rings is 1. The van der Waals surface area contributed by atoms with Crippen molar-refractivity contribution in [2.24, 2.45) is 0 Å². The summed E-state index contributed by atoms with van der Waals surface area (Å²) in [4.78, 5) is 28.2. The van der Waals surface area contributed by atoms with Gasteiger partial charge in [-0.05, 0) is 31.4 Å². The third-order valence-corrected chi connectivity index (χ3v) is 4.88. The summed E-state index contributed by atoms with van der Waals surface area (Å²) in [5.74, 6) is -0.541. The Morgan fingerprint density at radius 2 is 2.00 bits per heavy atom. The number of alkyl halides is 3. The van der Waals surface area contributed by atoms with Crippen molar-refractivity contribution in [2.75, 3.05) is 13.1 Å². The first-order valence-corrected chi connectivity index (χ1v) is 8.04. The zero-order valence-electron chi connectivity index (χ0n) is 13.3.